The minimum absolute atomic E-state index is 0. The highest BCUT2D eigenvalue weighted by atomic mass is 35.5. The van der Waals surface area contributed by atoms with Gasteiger partial charge in [-0.3, -0.25) is 4.98 Å². The van der Waals surface area contributed by atoms with Crippen LogP contribution in [0.15, 0.2) is 35.0 Å². The van der Waals surface area contributed by atoms with Crippen LogP contribution in [0.2, 0.25) is 0 Å². The second kappa shape index (κ2) is 6.60. The molecule has 110 valence electrons. The third kappa shape index (κ3) is 3.34. The first-order chi connectivity index (χ1) is 9.76. The van der Waals surface area contributed by atoms with Gasteiger partial charge in [-0.15, -0.1) is 12.4 Å². The van der Waals surface area contributed by atoms with E-state index in [9.17, 15) is 0 Å². The molecule has 1 aromatic carbocycles. The van der Waals surface area contributed by atoms with Crippen LogP contribution in [0.1, 0.15) is 12.7 Å². The van der Waals surface area contributed by atoms with Crippen molar-refractivity contribution in [1.82, 2.24) is 25.4 Å². The van der Waals surface area contributed by atoms with Crippen molar-refractivity contribution in [2.24, 2.45) is 0 Å². The second-order valence-corrected chi connectivity index (χ2v) is 4.65. The van der Waals surface area contributed by atoms with Crippen LogP contribution in [0.3, 0.4) is 0 Å². The molecule has 1 atom stereocenters. The summed E-state index contributed by atoms with van der Waals surface area (Å²) in [4.78, 5) is 13.2. The maximum atomic E-state index is 5.25. The standard InChI is InChI=1S/C14H15N5O.ClH/c1-9(15-2)7-13-18-14(20-19-13)12-8-16-10-5-3-4-6-11(10)17-12;/h3-6,8-9,15H,7H2,1-2H3;1H. The van der Waals surface area contributed by atoms with Gasteiger partial charge >= 0.3 is 0 Å². The number of rotatable bonds is 4. The molecular formula is C14H16ClN5O. The lowest BCUT2D eigenvalue weighted by molar-refractivity contribution is 0.417. The Morgan fingerprint density at radius 1 is 1.19 bits per heavy atom. The molecule has 0 radical (unpaired) electrons. The fourth-order valence-electron chi connectivity index (χ4n) is 1.88. The summed E-state index contributed by atoms with van der Waals surface area (Å²) in [6, 6.07) is 7.98. The van der Waals surface area contributed by atoms with E-state index in [-0.39, 0.29) is 12.4 Å². The van der Waals surface area contributed by atoms with Crippen LogP contribution in [-0.2, 0) is 6.42 Å². The number of halogens is 1. The highest BCUT2D eigenvalue weighted by Crippen LogP contribution is 2.17. The summed E-state index contributed by atoms with van der Waals surface area (Å²) in [5.41, 5.74) is 2.26. The summed E-state index contributed by atoms with van der Waals surface area (Å²) in [6.07, 6.45) is 2.36. The van der Waals surface area contributed by atoms with Crippen molar-refractivity contribution in [3.8, 4) is 11.6 Å². The smallest absolute Gasteiger partial charge is 0.278 e. The molecule has 2 aromatic heterocycles. The van der Waals surface area contributed by atoms with Crippen molar-refractivity contribution in [3.05, 3.63) is 36.3 Å². The zero-order chi connectivity index (χ0) is 13.9. The fourth-order valence-corrected chi connectivity index (χ4v) is 1.88. The van der Waals surface area contributed by atoms with Crippen LogP contribution in [-0.4, -0.2) is 33.2 Å². The third-order valence-corrected chi connectivity index (χ3v) is 3.12. The second-order valence-electron chi connectivity index (χ2n) is 4.65. The van der Waals surface area contributed by atoms with E-state index < -0.39 is 0 Å². The minimum atomic E-state index is 0. The van der Waals surface area contributed by atoms with Crippen LogP contribution in [0, 0.1) is 0 Å². The zero-order valence-electron chi connectivity index (χ0n) is 11.8. The first-order valence-corrected chi connectivity index (χ1v) is 6.48. The number of nitrogens with one attached hydrogen (secondary N) is 1. The predicted octanol–water partition coefficient (Wildman–Crippen LogP) is 2.25. The SMILES string of the molecule is CNC(C)Cc1noc(-c2cnc3ccccc3n2)n1.Cl. The Bertz CT molecular complexity index is 730. The van der Waals surface area contributed by atoms with Gasteiger partial charge in [0.25, 0.3) is 5.89 Å². The molecule has 3 aromatic rings. The molecule has 0 spiro atoms. The van der Waals surface area contributed by atoms with E-state index in [0.29, 0.717) is 29.9 Å². The lowest BCUT2D eigenvalue weighted by Crippen LogP contribution is -2.24. The summed E-state index contributed by atoms with van der Waals surface area (Å²) < 4.78 is 5.25. The third-order valence-electron chi connectivity index (χ3n) is 3.12. The number of hydrogen-bond donors (Lipinski definition) is 1. The van der Waals surface area contributed by atoms with E-state index in [1.165, 1.54) is 0 Å². The summed E-state index contributed by atoms with van der Waals surface area (Å²) in [6.45, 7) is 2.06. The molecule has 1 unspecified atom stereocenters. The van der Waals surface area contributed by atoms with E-state index in [1.54, 1.807) is 6.20 Å². The molecule has 0 saturated carbocycles. The Labute approximate surface area is 128 Å². The molecule has 2 heterocycles. The van der Waals surface area contributed by atoms with Crippen LogP contribution >= 0.6 is 12.4 Å². The highest BCUT2D eigenvalue weighted by molar-refractivity contribution is 5.85. The van der Waals surface area contributed by atoms with Gasteiger partial charge in [0.05, 0.1) is 17.2 Å². The van der Waals surface area contributed by atoms with Crippen LogP contribution in [0.5, 0.6) is 0 Å². The van der Waals surface area contributed by atoms with Crippen molar-refractivity contribution in [1.29, 1.82) is 0 Å². The normalized spacial score (nSPS) is 12.1. The molecule has 0 saturated heterocycles. The number of benzene rings is 1. The van der Waals surface area contributed by atoms with Crippen LogP contribution in [0.25, 0.3) is 22.6 Å². The number of para-hydroxylation sites is 2. The van der Waals surface area contributed by atoms with Gasteiger partial charge in [-0.25, -0.2) is 4.98 Å². The topological polar surface area (TPSA) is 76.7 Å². The Kier molecular flexibility index (Phi) is 4.82. The van der Waals surface area contributed by atoms with Crippen molar-refractivity contribution < 1.29 is 4.52 Å². The van der Waals surface area contributed by atoms with E-state index in [0.717, 1.165) is 11.0 Å². The molecule has 3 rings (SSSR count). The molecule has 0 amide bonds. The maximum absolute atomic E-state index is 5.25. The lowest BCUT2D eigenvalue weighted by Gasteiger charge is -2.04. The fraction of sp³-hybridized carbons (Fsp3) is 0.286. The Morgan fingerprint density at radius 2 is 1.95 bits per heavy atom. The van der Waals surface area contributed by atoms with Gasteiger partial charge in [0.15, 0.2) is 5.82 Å². The quantitative estimate of drug-likeness (QED) is 0.796. The van der Waals surface area contributed by atoms with E-state index >= 15 is 0 Å². The van der Waals surface area contributed by atoms with Crippen molar-refractivity contribution in [3.63, 3.8) is 0 Å². The van der Waals surface area contributed by atoms with Gasteiger partial charge in [-0.05, 0) is 26.1 Å². The van der Waals surface area contributed by atoms with Crippen molar-refractivity contribution >= 4 is 23.4 Å². The number of hydrogen-bond acceptors (Lipinski definition) is 6. The summed E-state index contributed by atoms with van der Waals surface area (Å²) >= 11 is 0. The van der Waals surface area contributed by atoms with Gasteiger partial charge < -0.3 is 9.84 Å². The zero-order valence-corrected chi connectivity index (χ0v) is 12.6. The average Bonchev–Trinajstić information content (AvgIpc) is 2.95. The Morgan fingerprint density at radius 3 is 2.71 bits per heavy atom. The molecule has 0 fully saturated rings. The van der Waals surface area contributed by atoms with E-state index in [1.807, 2.05) is 31.3 Å². The van der Waals surface area contributed by atoms with Gasteiger partial charge in [-0.2, -0.15) is 4.98 Å². The lowest BCUT2D eigenvalue weighted by atomic mass is 10.2. The van der Waals surface area contributed by atoms with Gasteiger partial charge in [0, 0.05) is 12.5 Å². The number of aromatic nitrogens is 4. The van der Waals surface area contributed by atoms with Crippen LogP contribution in [0.4, 0.5) is 0 Å². The number of likely N-dealkylation sites (N-methyl/N-ethyl adjacent to an activating group) is 1. The predicted molar refractivity (Wildman–Crippen MR) is 82.3 cm³/mol. The monoisotopic (exact) mass is 305 g/mol. The number of nitrogens with zero attached hydrogens (tertiary/aromatic N) is 4. The molecule has 0 aliphatic rings. The highest BCUT2D eigenvalue weighted by Gasteiger charge is 2.13. The average molecular weight is 306 g/mol. The summed E-state index contributed by atoms with van der Waals surface area (Å²) in [5.74, 6) is 1.07. The van der Waals surface area contributed by atoms with E-state index in [2.05, 4.69) is 32.3 Å². The Balaban J connectivity index is 0.00000161. The first-order valence-electron chi connectivity index (χ1n) is 6.48. The van der Waals surface area contributed by atoms with Gasteiger partial charge in [-0.1, -0.05) is 17.3 Å². The van der Waals surface area contributed by atoms with Crippen molar-refractivity contribution in [2.75, 3.05) is 7.05 Å². The first kappa shape index (κ1) is 15.3. The summed E-state index contributed by atoms with van der Waals surface area (Å²) in [7, 11) is 1.90. The van der Waals surface area contributed by atoms with Gasteiger partial charge in [0.2, 0.25) is 0 Å². The minimum Gasteiger partial charge on any atom is -0.332 e. The van der Waals surface area contributed by atoms with Gasteiger partial charge in [0.1, 0.15) is 5.69 Å². The molecule has 0 aliphatic carbocycles. The molecular weight excluding hydrogens is 290 g/mol. The number of fused-ring (bicyclic) bond motifs is 1. The Hall–Kier alpha value is -2.05. The van der Waals surface area contributed by atoms with E-state index in [4.69, 9.17) is 4.52 Å². The largest absolute Gasteiger partial charge is 0.332 e. The summed E-state index contributed by atoms with van der Waals surface area (Å²) in [5, 5.41) is 7.10. The van der Waals surface area contributed by atoms with Crippen molar-refractivity contribution in [2.45, 2.75) is 19.4 Å². The molecule has 7 heteroatoms. The molecule has 0 bridgehead atoms. The maximum Gasteiger partial charge on any atom is 0.278 e. The molecule has 1 N–H and O–H groups in total. The van der Waals surface area contributed by atoms with Crippen LogP contribution < -0.4 is 5.32 Å². The molecule has 6 nitrogen and oxygen atoms in total. The molecule has 0 aliphatic heterocycles. The molecule has 21 heavy (non-hydrogen) atoms.